The summed E-state index contributed by atoms with van der Waals surface area (Å²) in [6.07, 6.45) is 1.74. The first-order chi connectivity index (χ1) is 11.5. The monoisotopic (exact) mass is 346 g/mol. The second-order valence-electron chi connectivity index (χ2n) is 5.80. The Labute approximate surface area is 166 Å². The third kappa shape index (κ3) is 6.55. The Morgan fingerprint density at radius 1 is 1.12 bits per heavy atom. The average molecular weight is 347 g/mol. The molecule has 5 heteroatoms. The number of nitrogens with zero attached hydrogens (tertiary/aromatic N) is 1. The molecule has 0 aliphatic rings. The molecular formula is C20H20ClLiN2O. The Morgan fingerprint density at radius 2 is 1.72 bits per heavy atom. The van der Waals surface area contributed by atoms with E-state index in [1.165, 1.54) is 6.08 Å². The van der Waals surface area contributed by atoms with Gasteiger partial charge in [0.2, 0.25) is 0 Å². The molecule has 1 N–H and O–H groups in total. The molecule has 0 spiro atoms. The van der Waals surface area contributed by atoms with Gasteiger partial charge in [0, 0.05) is 28.4 Å². The van der Waals surface area contributed by atoms with E-state index >= 15 is 0 Å². The van der Waals surface area contributed by atoms with Crippen LogP contribution in [0, 0.1) is 0 Å². The third-order valence-corrected chi connectivity index (χ3v) is 3.71. The van der Waals surface area contributed by atoms with Crippen molar-refractivity contribution in [3.8, 4) is 0 Å². The Hall–Kier alpha value is -1.79. The molecule has 25 heavy (non-hydrogen) atoms. The van der Waals surface area contributed by atoms with Crippen molar-refractivity contribution >= 4 is 23.1 Å². The van der Waals surface area contributed by atoms with E-state index in [-0.39, 0.29) is 42.8 Å². The van der Waals surface area contributed by atoms with Crippen LogP contribution in [0.2, 0.25) is 5.02 Å². The maximum atomic E-state index is 12.4. The average Bonchev–Trinajstić information content (AvgIpc) is 2.55. The maximum Gasteiger partial charge on any atom is 1.00 e. The molecule has 2 aromatic rings. The van der Waals surface area contributed by atoms with E-state index in [1.807, 2.05) is 38.1 Å². The second-order valence-corrected chi connectivity index (χ2v) is 6.21. The summed E-state index contributed by atoms with van der Waals surface area (Å²) in [4.78, 5) is 12.4. The summed E-state index contributed by atoms with van der Waals surface area (Å²) in [5.74, 6) is -0.106. The van der Waals surface area contributed by atoms with Gasteiger partial charge in [0.1, 0.15) is 0 Å². The van der Waals surface area contributed by atoms with Gasteiger partial charge >= 0.3 is 18.9 Å². The van der Waals surface area contributed by atoms with Crippen LogP contribution in [0.5, 0.6) is 0 Å². The van der Waals surface area contributed by atoms with Crippen molar-refractivity contribution in [1.82, 2.24) is 5.32 Å². The van der Waals surface area contributed by atoms with Crippen LogP contribution in [0.15, 0.2) is 66.4 Å². The van der Waals surface area contributed by atoms with Crippen LogP contribution in [0.1, 0.15) is 36.2 Å². The van der Waals surface area contributed by atoms with Crippen molar-refractivity contribution < 1.29 is 23.7 Å². The Balaban J connectivity index is 0.00000312. The van der Waals surface area contributed by atoms with E-state index < -0.39 is 0 Å². The number of carbonyl (C=O) groups excluding carboxylic acids is 1. The van der Waals surface area contributed by atoms with Gasteiger partial charge in [-0.1, -0.05) is 60.1 Å². The van der Waals surface area contributed by atoms with Gasteiger partial charge in [-0.05, 0) is 31.9 Å². The van der Waals surface area contributed by atoms with E-state index in [0.29, 0.717) is 21.8 Å². The largest absolute Gasteiger partial charge is 1.00 e. The van der Waals surface area contributed by atoms with Crippen molar-refractivity contribution in [2.75, 3.05) is 0 Å². The number of hydrogen-bond donors (Lipinski definition) is 1. The fraction of sp³-hybridized carbons (Fsp3) is 0.200. The molecule has 0 aliphatic heterocycles. The molecule has 0 aromatic heterocycles. The molecular weight excluding hydrogens is 327 g/mol. The van der Waals surface area contributed by atoms with E-state index in [9.17, 15) is 10.2 Å². The number of rotatable bonds is 7. The van der Waals surface area contributed by atoms with Crippen molar-refractivity contribution in [3.63, 3.8) is 0 Å². The predicted molar refractivity (Wildman–Crippen MR) is 101 cm³/mol. The van der Waals surface area contributed by atoms with Crippen LogP contribution in [0.25, 0.3) is 5.41 Å². The van der Waals surface area contributed by atoms with Crippen LogP contribution >= 0.6 is 11.6 Å². The molecule has 3 nitrogen and oxygen atoms in total. The van der Waals surface area contributed by atoms with Crippen molar-refractivity contribution in [2.24, 2.45) is 0 Å². The quantitative estimate of drug-likeness (QED) is 0.360. The van der Waals surface area contributed by atoms with E-state index in [1.54, 1.807) is 30.3 Å². The molecule has 0 amide bonds. The number of hydrogen-bond acceptors (Lipinski definition) is 2. The molecule has 0 saturated carbocycles. The summed E-state index contributed by atoms with van der Waals surface area (Å²) in [7, 11) is 0. The number of allylic oxidation sites excluding steroid dienone is 2. The minimum atomic E-state index is -0.106. The SMILES string of the molecule is CC(C)N/C(=C\C(=O)c1ccccc1)CC(=[N-])c1ccccc1Cl.[Li+]. The first-order valence-electron chi connectivity index (χ1n) is 7.83. The van der Waals surface area contributed by atoms with Crippen LogP contribution in [-0.4, -0.2) is 17.5 Å². The third-order valence-electron chi connectivity index (χ3n) is 3.38. The van der Waals surface area contributed by atoms with Crippen molar-refractivity contribution in [3.05, 3.63) is 87.9 Å². The fourth-order valence-corrected chi connectivity index (χ4v) is 2.57. The van der Waals surface area contributed by atoms with Crippen molar-refractivity contribution in [1.29, 1.82) is 0 Å². The zero-order chi connectivity index (χ0) is 17.5. The fourth-order valence-electron chi connectivity index (χ4n) is 2.33. The molecule has 124 valence electrons. The second kappa shape index (κ2) is 10.3. The Morgan fingerprint density at radius 3 is 2.32 bits per heavy atom. The topological polar surface area (TPSA) is 51.4 Å². The van der Waals surface area contributed by atoms with E-state index in [2.05, 4.69) is 5.32 Å². The van der Waals surface area contributed by atoms with Crippen LogP contribution in [0.4, 0.5) is 0 Å². The number of ketones is 1. The van der Waals surface area contributed by atoms with Gasteiger partial charge in [-0.3, -0.25) is 4.79 Å². The van der Waals surface area contributed by atoms with Crippen LogP contribution in [0.3, 0.4) is 0 Å². The molecule has 0 atom stereocenters. The Bertz CT molecular complexity index is 757. The molecule has 0 unspecified atom stereocenters. The Kier molecular flexibility index (Phi) is 8.72. The van der Waals surface area contributed by atoms with Crippen molar-refractivity contribution in [2.45, 2.75) is 26.3 Å². The van der Waals surface area contributed by atoms with Gasteiger partial charge in [0.05, 0.1) is 0 Å². The van der Waals surface area contributed by atoms with Crippen LogP contribution < -0.4 is 24.2 Å². The summed E-state index contributed by atoms with van der Waals surface area (Å²) in [6.45, 7) is 3.96. The number of benzene rings is 2. The summed E-state index contributed by atoms with van der Waals surface area (Å²) in [5, 5.41) is 14.1. The van der Waals surface area contributed by atoms with Gasteiger partial charge in [0.15, 0.2) is 5.78 Å². The van der Waals surface area contributed by atoms with Gasteiger partial charge in [-0.15, -0.1) is 0 Å². The number of halogens is 1. The zero-order valence-corrected chi connectivity index (χ0v) is 15.5. The molecule has 0 fully saturated rings. The summed E-state index contributed by atoms with van der Waals surface area (Å²) < 4.78 is 0. The minimum absolute atomic E-state index is 0. The summed E-state index contributed by atoms with van der Waals surface area (Å²) in [6, 6.07) is 16.3. The molecule has 0 radical (unpaired) electrons. The first kappa shape index (κ1) is 21.3. The molecule has 2 aromatic carbocycles. The number of carbonyl (C=O) groups is 1. The number of nitrogens with one attached hydrogen (secondary N) is 1. The van der Waals surface area contributed by atoms with E-state index in [0.717, 1.165) is 0 Å². The smallest absolute Gasteiger partial charge is 0.807 e. The first-order valence-corrected chi connectivity index (χ1v) is 8.21. The maximum absolute atomic E-state index is 12.4. The predicted octanol–water partition coefficient (Wildman–Crippen LogP) is 1.86. The molecule has 2 rings (SSSR count). The molecule has 0 saturated heterocycles. The van der Waals surface area contributed by atoms with Gasteiger partial charge in [0.25, 0.3) is 0 Å². The normalized spacial score (nSPS) is 11.0. The van der Waals surface area contributed by atoms with Gasteiger partial charge < -0.3 is 10.7 Å². The van der Waals surface area contributed by atoms with Gasteiger partial charge in [-0.25, -0.2) is 0 Å². The minimum Gasteiger partial charge on any atom is -0.807 e. The standard InChI is InChI=1S/C20H20ClN2O.Li/c1-14(2)23-16(13-20(24)15-8-4-3-5-9-15)12-19(22)17-10-6-7-11-18(17)21;/h3-11,13-14,23H,12H2,1-2H3;/q-1;+1/b16-13-;. The van der Waals surface area contributed by atoms with E-state index in [4.69, 9.17) is 11.6 Å². The summed E-state index contributed by atoms with van der Waals surface area (Å²) >= 11 is 6.12. The zero-order valence-electron chi connectivity index (χ0n) is 14.8. The van der Waals surface area contributed by atoms with Crippen LogP contribution in [-0.2, 0) is 0 Å². The molecule has 0 heterocycles. The van der Waals surface area contributed by atoms with Gasteiger partial charge in [-0.2, -0.15) is 5.71 Å². The molecule has 0 bridgehead atoms. The molecule has 0 aliphatic carbocycles. The summed E-state index contributed by atoms with van der Waals surface area (Å²) in [5.41, 5.74) is 1.96.